The Balaban J connectivity index is 2.05. The molecule has 10 heteroatoms. The van der Waals surface area contributed by atoms with Crippen molar-refractivity contribution >= 4 is 15.8 Å². The minimum absolute atomic E-state index is 0.0408. The first kappa shape index (κ1) is 18.7. The van der Waals surface area contributed by atoms with Gasteiger partial charge in [-0.1, -0.05) is 12.1 Å². The molecule has 25 heavy (non-hydrogen) atoms. The third kappa shape index (κ3) is 4.68. The number of pyridine rings is 1. The van der Waals surface area contributed by atoms with E-state index >= 15 is 0 Å². The molecule has 0 aliphatic rings. The molecule has 0 bridgehead atoms. The van der Waals surface area contributed by atoms with Crippen molar-refractivity contribution < 1.29 is 21.6 Å². The van der Waals surface area contributed by atoms with E-state index in [4.69, 9.17) is 5.26 Å². The first-order valence-electron chi connectivity index (χ1n) is 7.00. The van der Waals surface area contributed by atoms with E-state index in [1.54, 1.807) is 6.07 Å². The molecular weight excluding hydrogens is 357 g/mol. The molecule has 0 radical (unpaired) electrons. The number of hydrogen-bond donors (Lipinski definition) is 2. The van der Waals surface area contributed by atoms with Crippen molar-refractivity contribution in [3.63, 3.8) is 0 Å². The third-order valence-electron chi connectivity index (χ3n) is 3.12. The highest BCUT2D eigenvalue weighted by molar-refractivity contribution is 7.89. The van der Waals surface area contributed by atoms with E-state index in [0.29, 0.717) is 6.07 Å². The molecular formula is C15H13F3N4O2S. The topological polar surface area (TPSA) is 94.9 Å². The summed E-state index contributed by atoms with van der Waals surface area (Å²) in [6.07, 6.45) is -3.33. The normalized spacial score (nSPS) is 11.8. The van der Waals surface area contributed by atoms with Crippen LogP contribution < -0.4 is 10.0 Å². The van der Waals surface area contributed by atoms with E-state index in [1.807, 2.05) is 6.07 Å². The van der Waals surface area contributed by atoms with Crippen molar-refractivity contribution in [3.8, 4) is 6.07 Å². The van der Waals surface area contributed by atoms with Gasteiger partial charge in [0, 0.05) is 19.3 Å². The molecule has 0 spiro atoms. The number of aromatic nitrogens is 1. The highest BCUT2D eigenvalue weighted by Gasteiger charge is 2.36. The summed E-state index contributed by atoms with van der Waals surface area (Å²) in [5, 5.41) is 11.7. The molecule has 0 saturated carbocycles. The van der Waals surface area contributed by atoms with Crippen LogP contribution in [0.15, 0.2) is 47.5 Å². The van der Waals surface area contributed by atoms with Crippen molar-refractivity contribution in [2.75, 3.05) is 18.4 Å². The molecule has 2 rings (SSSR count). The van der Waals surface area contributed by atoms with Gasteiger partial charge in [0.1, 0.15) is 11.9 Å². The molecule has 0 aliphatic heterocycles. The summed E-state index contributed by atoms with van der Waals surface area (Å²) in [5.74, 6) is 0.264. The van der Waals surface area contributed by atoms with Crippen molar-refractivity contribution in [1.82, 2.24) is 9.71 Å². The second-order valence-electron chi connectivity index (χ2n) is 4.83. The van der Waals surface area contributed by atoms with Crippen molar-refractivity contribution in [2.24, 2.45) is 0 Å². The predicted molar refractivity (Wildman–Crippen MR) is 84.1 cm³/mol. The molecule has 0 unspecified atom stereocenters. The molecule has 2 aromatic rings. The maximum Gasteiger partial charge on any atom is 0.417 e. The lowest BCUT2D eigenvalue weighted by Gasteiger charge is -2.14. The number of nitrogens with one attached hydrogen (secondary N) is 2. The zero-order chi connectivity index (χ0) is 18.5. The molecule has 6 nitrogen and oxygen atoms in total. The Hall–Kier alpha value is -2.64. The zero-order valence-electron chi connectivity index (χ0n) is 12.7. The maximum atomic E-state index is 12.9. The van der Waals surface area contributed by atoms with Gasteiger partial charge >= 0.3 is 6.18 Å². The standard InChI is InChI=1S/C15H13F3N4O2S/c16-15(17,18)12-5-1-2-6-13(12)25(23,24)22-9-8-21-14-11(10-19)4-3-7-20-14/h1-7,22H,8-9H2,(H,20,21). The van der Waals surface area contributed by atoms with E-state index < -0.39 is 26.7 Å². The van der Waals surface area contributed by atoms with Crippen molar-refractivity contribution in [2.45, 2.75) is 11.1 Å². The number of hydrogen-bond acceptors (Lipinski definition) is 5. The number of nitrogens with zero attached hydrogens (tertiary/aromatic N) is 2. The number of nitriles is 1. The Labute approximate surface area is 142 Å². The number of rotatable bonds is 6. The van der Waals surface area contributed by atoms with Crippen LogP contribution in [-0.4, -0.2) is 26.5 Å². The monoisotopic (exact) mass is 370 g/mol. The number of sulfonamides is 1. The minimum Gasteiger partial charge on any atom is -0.368 e. The molecule has 1 aromatic carbocycles. The quantitative estimate of drug-likeness (QED) is 0.761. The molecule has 0 aliphatic carbocycles. The van der Waals surface area contributed by atoms with Gasteiger partial charge in [-0.15, -0.1) is 0 Å². The van der Waals surface area contributed by atoms with Gasteiger partial charge in [0.05, 0.1) is 16.0 Å². The van der Waals surface area contributed by atoms with Crippen LogP contribution in [-0.2, 0) is 16.2 Å². The van der Waals surface area contributed by atoms with E-state index in [-0.39, 0.29) is 24.5 Å². The Morgan fingerprint density at radius 1 is 1.12 bits per heavy atom. The van der Waals surface area contributed by atoms with Crippen LogP contribution in [0.5, 0.6) is 0 Å². The van der Waals surface area contributed by atoms with E-state index in [1.165, 1.54) is 18.3 Å². The average Bonchev–Trinajstić information content (AvgIpc) is 2.58. The Morgan fingerprint density at radius 2 is 1.84 bits per heavy atom. The third-order valence-corrected chi connectivity index (χ3v) is 4.64. The van der Waals surface area contributed by atoms with Gasteiger partial charge in [0.2, 0.25) is 10.0 Å². The van der Waals surface area contributed by atoms with Gasteiger partial charge in [-0.2, -0.15) is 18.4 Å². The summed E-state index contributed by atoms with van der Waals surface area (Å²) >= 11 is 0. The van der Waals surface area contributed by atoms with E-state index in [9.17, 15) is 21.6 Å². The minimum atomic E-state index is -4.78. The second-order valence-corrected chi connectivity index (χ2v) is 6.57. The lowest BCUT2D eigenvalue weighted by Crippen LogP contribution is -2.30. The van der Waals surface area contributed by atoms with Gasteiger partial charge in [0.15, 0.2) is 0 Å². The highest BCUT2D eigenvalue weighted by atomic mass is 32.2. The SMILES string of the molecule is N#Cc1cccnc1NCCNS(=O)(=O)c1ccccc1C(F)(F)F. The molecule has 0 amide bonds. The largest absolute Gasteiger partial charge is 0.417 e. The lowest BCUT2D eigenvalue weighted by atomic mass is 10.2. The Bertz CT molecular complexity index is 892. The molecule has 132 valence electrons. The van der Waals surface area contributed by atoms with Gasteiger partial charge in [-0.05, 0) is 24.3 Å². The fourth-order valence-corrected chi connectivity index (χ4v) is 3.27. The number of anilines is 1. The zero-order valence-corrected chi connectivity index (χ0v) is 13.5. The van der Waals surface area contributed by atoms with Gasteiger partial charge in [-0.3, -0.25) is 0 Å². The van der Waals surface area contributed by atoms with Crippen LogP contribution in [0.25, 0.3) is 0 Å². The number of benzene rings is 1. The van der Waals surface area contributed by atoms with Gasteiger partial charge in [0.25, 0.3) is 0 Å². The summed E-state index contributed by atoms with van der Waals surface area (Å²) in [6.45, 7) is -0.144. The van der Waals surface area contributed by atoms with Crippen LogP contribution in [0, 0.1) is 11.3 Å². The molecule has 2 N–H and O–H groups in total. The van der Waals surface area contributed by atoms with Crippen molar-refractivity contribution in [1.29, 1.82) is 5.26 Å². The first-order chi connectivity index (χ1) is 11.8. The summed E-state index contributed by atoms with van der Waals surface area (Å²) in [5.41, 5.74) is -0.959. The molecule has 1 heterocycles. The maximum absolute atomic E-state index is 12.9. The Morgan fingerprint density at radius 3 is 2.52 bits per heavy atom. The molecule has 0 saturated heterocycles. The number of alkyl halides is 3. The average molecular weight is 370 g/mol. The van der Waals surface area contributed by atoms with Crippen LogP contribution in [0.4, 0.5) is 19.0 Å². The van der Waals surface area contributed by atoms with E-state index in [0.717, 1.165) is 12.1 Å². The smallest absolute Gasteiger partial charge is 0.368 e. The summed E-state index contributed by atoms with van der Waals surface area (Å²) in [7, 11) is -4.34. The first-order valence-corrected chi connectivity index (χ1v) is 8.49. The molecule has 0 fully saturated rings. The molecule has 0 atom stereocenters. The lowest BCUT2D eigenvalue weighted by molar-refractivity contribution is -0.139. The number of halogens is 3. The summed E-state index contributed by atoms with van der Waals surface area (Å²) in [4.78, 5) is 3.09. The Kier molecular flexibility index (Phi) is 5.61. The van der Waals surface area contributed by atoms with Crippen LogP contribution in [0.3, 0.4) is 0 Å². The summed E-state index contributed by atoms with van der Waals surface area (Å²) < 4.78 is 65.1. The van der Waals surface area contributed by atoms with Crippen LogP contribution in [0.2, 0.25) is 0 Å². The van der Waals surface area contributed by atoms with Crippen LogP contribution >= 0.6 is 0 Å². The van der Waals surface area contributed by atoms with Crippen molar-refractivity contribution in [3.05, 3.63) is 53.7 Å². The second kappa shape index (κ2) is 7.50. The van der Waals surface area contributed by atoms with Crippen LogP contribution in [0.1, 0.15) is 11.1 Å². The van der Waals surface area contributed by atoms with Gasteiger partial charge in [-0.25, -0.2) is 18.1 Å². The fraction of sp³-hybridized carbons (Fsp3) is 0.200. The predicted octanol–water partition coefficient (Wildman–Crippen LogP) is 2.36. The fourth-order valence-electron chi connectivity index (χ4n) is 2.02. The summed E-state index contributed by atoms with van der Waals surface area (Å²) in [6, 6.07) is 8.95. The van der Waals surface area contributed by atoms with E-state index in [2.05, 4.69) is 15.0 Å². The molecule has 1 aromatic heterocycles. The highest BCUT2D eigenvalue weighted by Crippen LogP contribution is 2.33. The van der Waals surface area contributed by atoms with Gasteiger partial charge < -0.3 is 5.32 Å².